The van der Waals surface area contributed by atoms with Crippen LogP contribution in [0.25, 0.3) is 0 Å². The van der Waals surface area contributed by atoms with E-state index >= 15 is 0 Å². The standard InChI is InChI=1S/C15H17N3O2/c19-15(12-6-2-1-3-7-12)16-13-9-10-18(17-13)14-8-4-5-11-20-14/h1-3,6-7,9-10,14H,4-5,8,11H2,(H,16,17,19). The zero-order valence-corrected chi connectivity index (χ0v) is 11.2. The number of rotatable bonds is 3. The molecule has 1 amide bonds. The Labute approximate surface area is 117 Å². The first kappa shape index (κ1) is 12.9. The molecule has 1 fully saturated rings. The van der Waals surface area contributed by atoms with Gasteiger partial charge in [-0.2, -0.15) is 5.10 Å². The number of hydrogen-bond donors (Lipinski definition) is 1. The maximum atomic E-state index is 12.0. The van der Waals surface area contributed by atoms with Crippen molar-refractivity contribution in [2.75, 3.05) is 11.9 Å². The van der Waals surface area contributed by atoms with Crippen molar-refractivity contribution < 1.29 is 9.53 Å². The van der Waals surface area contributed by atoms with E-state index in [-0.39, 0.29) is 12.1 Å². The lowest BCUT2D eigenvalue weighted by molar-refractivity contribution is -0.0393. The van der Waals surface area contributed by atoms with Gasteiger partial charge in [0.15, 0.2) is 5.82 Å². The molecule has 5 heteroatoms. The Bertz CT molecular complexity index is 574. The van der Waals surface area contributed by atoms with E-state index in [4.69, 9.17) is 4.74 Å². The van der Waals surface area contributed by atoms with Crippen molar-refractivity contribution in [3.8, 4) is 0 Å². The molecule has 0 saturated carbocycles. The zero-order chi connectivity index (χ0) is 13.8. The van der Waals surface area contributed by atoms with Crippen LogP contribution in [-0.4, -0.2) is 22.3 Å². The van der Waals surface area contributed by atoms with Crippen molar-refractivity contribution in [1.29, 1.82) is 0 Å². The number of anilines is 1. The molecular weight excluding hydrogens is 254 g/mol. The summed E-state index contributed by atoms with van der Waals surface area (Å²) in [5.74, 6) is 0.397. The minimum atomic E-state index is -0.152. The highest BCUT2D eigenvalue weighted by Crippen LogP contribution is 2.22. The molecule has 0 aliphatic carbocycles. The summed E-state index contributed by atoms with van der Waals surface area (Å²) < 4.78 is 7.43. The third-order valence-corrected chi connectivity index (χ3v) is 3.34. The van der Waals surface area contributed by atoms with Crippen molar-refractivity contribution in [2.24, 2.45) is 0 Å². The normalized spacial score (nSPS) is 18.7. The van der Waals surface area contributed by atoms with Gasteiger partial charge in [0.1, 0.15) is 6.23 Å². The summed E-state index contributed by atoms with van der Waals surface area (Å²) in [6.45, 7) is 0.774. The molecule has 0 bridgehead atoms. The smallest absolute Gasteiger partial charge is 0.256 e. The van der Waals surface area contributed by atoms with E-state index in [1.807, 2.05) is 24.4 Å². The number of nitrogens with one attached hydrogen (secondary N) is 1. The zero-order valence-electron chi connectivity index (χ0n) is 11.2. The first-order valence-corrected chi connectivity index (χ1v) is 6.86. The van der Waals surface area contributed by atoms with Crippen LogP contribution < -0.4 is 5.32 Å². The van der Waals surface area contributed by atoms with Crippen LogP contribution in [0.5, 0.6) is 0 Å². The van der Waals surface area contributed by atoms with Crippen LogP contribution in [0.2, 0.25) is 0 Å². The lowest BCUT2D eigenvalue weighted by Crippen LogP contribution is -2.19. The lowest BCUT2D eigenvalue weighted by Gasteiger charge is -2.22. The molecule has 1 aliphatic heterocycles. The molecule has 0 spiro atoms. The number of amides is 1. The first-order valence-electron chi connectivity index (χ1n) is 6.86. The minimum Gasteiger partial charge on any atom is -0.357 e. The summed E-state index contributed by atoms with van der Waals surface area (Å²) >= 11 is 0. The molecule has 2 aromatic rings. The van der Waals surface area contributed by atoms with E-state index in [9.17, 15) is 4.79 Å². The molecule has 1 saturated heterocycles. The van der Waals surface area contributed by atoms with Gasteiger partial charge in [-0.1, -0.05) is 18.2 Å². The Morgan fingerprint density at radius 3 is 2.85 bits per heavy atom. The predicted octanol–water partition coefficient (Wildman–Crippen LogP) is 2.83. The molecule has 3 rings (SSSR count). The topological polar surface area (TPSA) is 56.2 Å². The van der Waals surface area contributed by atoms with Crippen LogP contribution in [0.15, 0.2) is 42.6 Å². The SMILES string of the molecule is O=C(Nc1ccn(C2CCCCO2)n1)c1ccccc1. The Balaban J connectivity index is 1.66. The molecule has 2 heterocycles. The Kier molecular flexibility index (Phi) is 3.78. The van der Waals surface area contributed by atoms with Gasteiger partial charge in [0, 0.05) is 24.4 Å². The van der Waals surface area contributed by atoms with Crippen LogP contribution in [0.1, 0.15) is 35.8 Å². The van der Waals surface area contributed by atoms with Crippen LogP contribution in [0.3, 0.4) is 0 Å². The van der Waals surface area contributed by atoms with Crippen molar-refractivity contribution in [3.05, 3.63) is 48.2 Å². The third-order valence-electron chi connectivity index (χ3n) is 3.34. The molecule has 1 unspecified atom stereocenters. The first-order chi connectivity index (χ1) is 9.83. The molecule has 1 aromatic heterocycles. The number of carbonyl (C=O) groups excluding carboxylic acids is 1. The Morgan fingerprint density at radius 2 is 2.10 bits per heavy atom. The quantitative estimate of drug-likeness (QED) is 0.934. The van der Waals surface area contributed by atoms with Crippen LogP contribution in [0, 0.1) is 0 Å². The molecule has 1 N–H and O–H groups in total. The van der Waals surface area contributed by atoms with Crippen molar-refractivity contribution in [3.63, 3.8) is 0 Å². The molecule has 5 nitrogen and oxygen atoms in total. The fraction of sp³-hybridized carbons (Fsp3) is 0.333. The van der Waals surface area contributed by atoms with E-state index < -0.39 is 0 Å². The molecule has 20 heavy (non-hydrogen) atoms. The second-order valence-electron chi connectivity index (χ2n) is 4.82. The van der Waals surface area contributed by atoms with Crippen molar-refractivity contribution in [1.82, 2.24) is 9.78 Å². The molecule has 1 aliphatic rings. The summed E-state index contributed by atoms with van der Waals surface area (Å²) in [5.41, 5.74) is 0.621. The van der Waals surface area contributed by atoms with Gasteiger partial charge in [-0.25, -0.2) is 4.68 Å². The van der Waals surface area contributed by atoms with Crippen LogP contribution in [0.4, 0.5) is 5.82 Å². The monoisotopic (exact) mass is 271 g/mol. The summed E-state index contributed by atoms with van der Waals surface area (Å²) in [5, 5.41) is 7.15. The summed E-state index contributed by atoms with van der Waals surface area (Å²) in [7, 11) is 0. The van der Waals surface area contributed by atoms with E-state index in [1.54, 1.807) is 22.9 Å². The molecule has 0 radical (unpaired) electrons. The summed E-state index contributed by atoms with van der Waals surface area (Å²) in [4.78, 5) is 12.0. The third kappa shape index (κ3) is 2.88. The van der Waals surface area contributed by atoms with Gasteiger partial charge in [-0.05, 0) is 31.4 Å². The minimum absolute atomic E-state index is 0.00822. The van der Waals surface area contributed by atoms with Gasteiger partial charge in [-0.15, -0.1) is 0 Å². The highest BCUT2D eigenvalue weighted by atomic mass is 16.5. The van der Waals surface area contributed by atoms with Gasteiger partial charge < -0.3 is 10.1 Å². The van der Waals surface area contributed by atoms with Gasteiger partial charge in [0.25, 0.3) is 5.91 Å². The number of ether oxygens (including phenoxy) is 1. The van der Waals surface area contributed by atoms with Gasteiger partial charge in [-0.3, -0.25) is 4.79 Å². The Morgan fingerprint density at radius 1 is 1.25 bits per heavy atom. The predicted molar refractivity (Wildman–Crippen MR) is 75.5 cm³/mol. The maximum absolute atomic E-state index is 12.0. The van der Waals surface area contributed by atoms with Crippen molar-refractivity contribution in [2.45, 2.75) is 25.5 Å². The van der Waals surface area contributed by atoms with Gasteiger partial charge >= 0.3 is 0 Å². The number of benzene rings is 1. The second-order valence-corrected chi connectivity index (χ2v) is 4.82. The average Bonchev–Trinajstić information content (AvgIpc) is 2.97. The highest BCUT2D eigenvalue weighted by Gasteiger charge is 2.17. The fourth-order valence-corrected chi connectivity index (χ4v) is 2.28. The van der Waals surface area contributed by atoms with E-state index in [0.717, 1.165) is 25.9 Å². The number of hydrogen-bond acceptors (Lipinski definition) is 3. The second kappa shape index (κ2) is 5.88. The maximum Gasteiger partial charge on any atom is 0.256 e. The van der Waals surface area contributed by atoms with Crippen molar-refractivity contribution >= 4 is 11.7 Å². The molecule has 1 aromatic carbocycles. The van der Waals surface area contributed by atoms with E-state index in [2.05, 4.69) is 10.4 Å². The summed E-state index contributed by atoms with van der Waals surface area (Å²) in [6.07, 6.45) is 5.06. The van der Waals surface area contributed by atoms with E-state index in [0.29, 0.717) is 11.4 Å². The summed E-state index contributed by atoms with van der Waals surface area (Å²) in [6, 6.07) is 10.9. The fourth-order valence-electron chi connectivity index (χ4n) is 2.28. The van der Waals surface area contributed by atoms with Crippen LogP contribution in [-0.2, 0) is 4.74 Å². The van der Waals surface area contributed by atoms with Gasteiger partial charge in [0.2, 0.25) is 0 Å². The van der Waals surface area contributed by atoms with Gasteiger partial charge in [0.05, 0.1) is 0 Å². The van der Waals surface area contributed by atoms with E-state index in [1.165, 1.54) is 0 Å². The number of carbonyl (C=O) groups is 1. The average molecular weight is 271 g/mol. The molecular formula is C15H17N3O2. The lowest BCUT2D eigenvalue weighted by atomic mass is 10.2. The molecule has 104 valence electrons. The van der Waals surface area contributed by atoms with Crippen LogP contribution >= 0.6 is 0 Å². The number of nitrogens with zero attached hydrogens (tertiary/aromatic N) is 2. The highest BCUT2D eigenvalue weighted by molar-refractivity contribution is 6.03. The number of aromatic nitrogens is 2. The largest absolute Gasteiger partial charge is 0.357 e. The molecule has 1 atom stereocenters. The Hall–Kier alpha value is -2.14.